The van der Waals surface area contributed by atoms with E-state index in [2.05, 4.69) is 20.0 Å². The SMILES string of the molecule is COC(=O)Nc1nc2ccc(C(=O)N3CCS(=O)CC3)cc2[nH]1. The number of aromatic amines is 1. The molecule has 2 N–H and O–H groups in total. The predicted molar refractivity (Wildman–Crippen MR) is 85.9 cm³/mol. The molecule has 3 rings (SSSR count). The van der Waals surface area contributed by atoms with Gasteiger partial charge in [0.2, 0.25) is 5.95 Å². The smallest absolute Gasteiger partial charge is 0.413 e. The first-order valence-corrected chi connectivity index (χ1v) is 8.54. The zero-order valence-electron chi connectivity index (χ0n) is 12.5. The van der Waals surface area contributed by atoms with Crippen molar-refractivity contribution in [2.75, 3.05) is 37.0 Å². The summed E-state index contributed by atoms with van der Waals surface area (Å²) in [6.07, 6.45) is -0.623. The molecule has 1 aromatic carbocycles. The molecule has 0 spiro atoms. The van der Waals surface area contributed by atoms with E-state index < -0.39 is 16.9 Å². The van der Waals surface area contributed by atoms with Crippen molar-refractivity contribution in [2.45, 2.75) is 0 Å². The van der Waals surface area contributed by atoms with E-state index in [0.29, 0.717) is 41.2 Å². The van der Waals surface area contributed by atoms with Gasteiger partial charge in [0, 0.05) is 41.0 Å². The fourth-order valence-corrected chi connectivity index (χ4v) is 3.43. The molecule has 2 heterocycles. The van der Waals surface area contributed by atoms with Crippen LogP contribution >= 0.6 is 0 Å². The van der Waals surface area contributed by atoms with Crippen LogP contribution in [0, 0.1) is 0 Å². The second kappa shape index (κ2) is 6.37. The molecule has 122 valence electrons. The van der Waals surface area contributed by atoms with E-state index in [1.807, 2.05) is 0 Å². The van der Waals surface area contributed by atoms with Gasteiger partial charge in [-0.05, 0) is 18.2 Å². The molecule has 0 atom stereocenters. The summed E-state index contributed by atoms with van der Waals surface area (Å²) >= 11 is 0. The highest BCUT2D eigenvalue weighted by atomic mass is 32.2. The van der Waals surface area contributed by atoms with Crippen LogP contribution in [0.15, 0.2) is 18.2 Å². The van der Waals surface area contributed by atoms with Gasteiger partial charge >= 0.3 is 6.09 Å². The molecule has 23 heavy (non-hydrogen) atoms. The summed E-state index contributed by atoms with van der Waals surface area (Å²) in [6, 6.07) is 5.10. The maximum absolute atomic E-state index is 12.5. The van der Waals surface area contributed by atoms with E-state index >= 15 is 0 Å². The Morgan fingerprint density at radius 2 is 2.09 bits per heavy atom. The Kier molecular flexibility index (Phi) is 4.28. The number of carbonyl (C=O) groups is 2. The van der Waals surface area contributed by atoms with Gasteiger partial charge in [0.25, 0.3) is 5.91 Å². The van der Waals surface area contributed by atoms with Gasteiger partial charge in [-0.2, -0.15) is 0 Å². The van der Waals surface area contributed by atoms with Crippen LogP contribution in [-0.2, 0) is 15.5 Å². The fraction of sp³-hybridized carbons (Fsp3) is 0.357. The molecule has 9 heteroatoms. The minimum absolute atomic E-state index is 0.0966. The third-order valence-electron chi connectivity index (χ3n) is 3.60. The lowest BCUT2D eigenvalue weighted by atomic mass is 10.1. The minimum atomic E-state index is -0.822. The number of rotatable bonds is 2. The minimum Gasteiger partial charge on any atom is -0.453 e. The quantitative estimate of drug-likeness (QED) is 0.849. The number of hydrogen-bond acceptors (Lipinski definition) is 5. The van der Waals surface area contributed by atoms with Gasteiger partial charge in [-0.3, -0.25) is 14.3 Å². The van der Waals surface area contributed by atoms with Crippen LogP contribution in [0.5, 0.6) is 0 Å². The number of nitrogens with zero attached hydrogens (tertiary/aromatic N) is 2. The Hall–Kier alpha value is -2.42. The molecule has 1 aromatic heterocycles. The highest BCUT2D eigenvalue weighted by molar-refractivity contribution is 7.85. The van der Waals surface area contributed by atoms with E-state index in [0.717, 1.165) is 0 Å². The summed E-state index contributed by atoms with van der Waals surface area (Å²) in [4.78, 5) is 32.5. The molecule has 0 unspecified atom stereocenters. The predicted octanol–water partition coefficient (Wildman–Crippen LogP) is 0.946. The van der Waals surface area contributed by atoms with E-state index in [1.165, 1.54) is 7.11 Å². The van der Waals surface area contributed by atoms with Crippen molar-refractivity contribution < 1.29 is 18.5 Å². The van der Waals surface area contributed by atoms with Crippen molar-refractivity contribution >= 4 is 39.8 Å². The van der Waals surface area contributed by atoms with Crippen molar-refractivity contribution in [2.24, 2.45) is 0 Å². The fourth-order valence-electron chi connectivity index (χ4n) is 2.37. The Balaban J connectivity index is 1.80. The maximum Gasteiger partial charge on any atom is 0.413 e. The normalized spacial score (nSPS) is 15.6. The van der Waals surface area contributed by atoms with E-state index in [-0.39, 0.29) is 11.9 Å². The molecule has 0 aliphatic carbocycles. The number of anilines is 1. The number of H-pyrrole nitrogens is 1. The number of imidazole rings is 1. The van der Waals surface area contributed by atoms with Crippen LogP contribution in [0.4, 0.5) is 10.7 Å². The third kappa shape index (κ3) is 3.34. The third-order valence-corrected chi connectivity index (χ3v) is 4.88. The van der Waals surface area contributed by atoms with Crippen molar-refractivity contribution in [3.8, 4) is 0 Å². The lowest BCUT2D eigenvalue weighted by Gasteiger charge is -2.26. The van der Waals surface area contributed by atoms with Crippen molar-refractivity contribution in [3.05, 3.63) is 23.8 Å². The molecule has 1 aliphatic rings. The first-order chi connectivity index (χ1) is 11.1. The van der Waals surface area contributed by atoms with Gasteiger partial charge in [-0.25, -0.2) is 9.78 Å². The second-order valence-corrected chi connectivity index (χ2v) is 6.77. The van der Waals surface area contributed by atoms with Gasteiger partial charge in [0.1, 0.15) is 0 Å². The highest BCUT2D eigenvalue weighted by Crippen LogP contribution is 2.18. The monoisotopic (exact) mass is 336 g/mol. The molecule has 8 nitrogen and oxygen atoms in total. The molecule has 0 radical (unpaired) electrons. The van der Waals surface area contributed by atoms with Crippen LogP contribution in [-0.4, -0.2) is 62.8 Å². The number of carbonyl (C=O) groups excluding carboxylic acids is 2. The summed E-state index contributed by atoms with van der Waals surface area (Å²) in [7, 11) is 0.443. The molecule has 2 amide bonds. The highest BCUT2D eigenvalue weighted by Gasteiger charge is 2.21. The van der Waals surface area contributed by atoms with Crippen molar-refractivity contribution in [1.29, 1.82) is 0 Å². The Bertz CT molecular complexity index is 778. The van der Waals surface area contributed by atoms with Crippen LogP contribution in [0.3, 0.4) is 0 Å². The van der Waals surface area contributed by atoms with Gasteiger partial charge in [0.05, 0.1) is 18.1 Å². The molecule has 2 aromatic rings. The first-order valence-electron chi connectivity index (χ1n) is 7.06. The van der Waals surface area contributed by atoms with Crippen LogP contribution in [0.1, 0.15) is 10.4 Å². The molecule has 0 saturated carbocycles. The number of methoxy groups -OCH3 is 1. The summed E-state index contributed by atoms with van der Waals surface area (Å²) in [6.45, 7) is 1.00. The van der Waals surface area contributed by atoms with Crippen LogP contribution < -0.4 is 5.32 Å². The first kappa shape index (κ1) is 15.5. The number of aromatic nitrogens is 2. The lowest BCUT2D eigenvalue weighted by molar-refractivity contribution is 0.0771. The molecular weight excluding hydrogens is 320 g/mol. The van der Waals surface area contributed by atoms with Gasteiger partial charge in [-0.15, -0.1) is 0 Å². The Morgan fingerprint density at radius 1 is 1.35 bits per heavy atom. The van der Waals surface area contributed by atoms with Crippen molar-refractivity contribution in [3.63, 3.8) is 0 Å². The number of nitrogens with one attached hydrogen (secondary N) is 2. The van der Waals surface area contributed by atoms with Crippen LogP contribution in [0.25, 0.3) is 11.0 Å². The van der Waals surface area contributed by atoms with Crippen LogP contribution in [0.2, 0.25) is 0 Å². The van der Waals surface area contributed by atoms with Gasteiger partial charge in [-0.1, -0.05) is 0 Å². The average Bonchev–Trinajstić information content (AvgIpc) is 2.96. The molecule has 0 bridgehead atoms. The number of hydrogen-bond donors (Lipinski definition) is 2. The van der Waals surface area contributed by atoms with E-state index in [1.54, 1.807) is 23.1 Å². The number of ether oxygens (including phenoxy) is 1. The number of benzene rings is 1. The lowest BCUT2D eigenvalue weighted by Crippen LogP contribution is -2.41. The molecule has 1 aliphatic heterocycles. The van der Waals surface area contributed by atoms with E-state index in [4.69, 9.17) is 0 Å². The van der Waals surface area contributed by atoms with Gasteiger partial charge in [0.15, 0.2) is 0 Å². The average molecular weight is 336 g/mol. The zero-order valence-corrected chi connectivity index (χ0v) is 13.3. The Labute approximate surface area is 134 Å². The summed E-state index contributed by atoms with van der Waals surface area (Å²) in [5, 5.41) is 2.44. The maximum atomic E-state index is 12.5. The number of fused-ring (bicyclic) bond motifs is 1. The summed E-state index contributed by atoms with van der Waals surface area (Å²) in [5.74, 6) is 1.20. The van der Waals surface area contributed by atoms with E-state index in [9.17, 15) is 13.8 Å². The number of amides is 2. The zero-order chi connectivity index (χ0) is 16.4. The summed E-state index contributed by atoms with van der Waals surface area (Å²) < 4.78 is 15.9. The van der Waals surface area contributed by atoms with Gasteiger partial charge < -0.3 is 14.6 Å². The summed E-state index contributed by atoms with van der Waals surface area (Å²) in [5.41, 5.74) is 1.80. The topological polar surface area (TPSA) is 104 Å². The second-order valence-electron chi connectivity index (χ2n) is 5.07. The molecular formula is C14H16N4O4S. The molecule has 1 saturated heterocycles. The van der Waals surface area contributed by atoms with Crippen molar-refractivity contribution in [1.82, 2.24) is 14.9 Å². The standard InChI is InChI=1S/C14H16N4O4S/c1-22-14(20)17-13-15-10-3-2-9(8-11(10)16-13)12(19)18-4-6-23(21)7-5-18/h2-3,8H,4-7H2,1H3,(H2,15,16,17,20). The largest absolute Gasteiger partial charge is 0.453 e. The Morgan fingerprint density at radius 3 is 2.78 bits per heavy atom. The molecule has 1 fully saturated rings.